The molecule has 1 heterocycles. The third-order valence-electron chi connectivity index (χ3n) is 8.84. The van der Waals surface area contributed by atoms with Gasteiger partial charge < -0.3 is 25.2 Å². The number of carboxylic acids is 1. The molecule has 2 rings (SSSR count). The summed E-state index contributed by atoms with van der Waals surface area (Å²) < 4.78 is 11.7. The van der Waals surface area contributed by atoms with Gasteiger partial charge in [0, 0.05) is 11.8 Å². The van der Waals surface area contributed by atoms with Crippen LogP contribution in [0, 0.1) is 5.41 Å². The molecule has 1 aromatic carbocycles. The number of ether oxygens (including phenoxy) is 2. The van der Waals surface area contributed by atoms with Gasteiger partial charge in [0.2, 0.25) is 11.8 Å². The van der Waals surface area contributed by atoms with E-state index in [1.165, 1.54) is 44.9 Å². The summed E-state index contributed by atoms with van der Waals surface area (Å²) in [7, 11) is 0. The average molecular weight is 643 g/mol. The van der Waals surface area contributed by atoms with E-state index in [-0.39, 0.29) is 25.3 Å². The van der Waals surface area contributed by atoms with Crippen molar-refractivity contribution in [2.24, 2.45) is 5.41 Å². The van der Waals surface area contributed by atoms with Gasteiger partial charge in [0.25, 0.3) is 0 Å². The number of aliphatic carboxylic acids is 1. The van der Waals surface area contributed by atoms with Crippen LogP contribution in [-0.2, 0) is 30.3 Å². The molecule has 2 amide bonds. The molecule has 8 heteroatoms. The van der Waals surface area contributed by atoms with Crippen molar-refractivity contribution in [3.05, 3.63) is 48.0 Å². The number of carboxylic acid groups (broad SMARTS) is 1. The highest BCUT2D eigenvalue weighted by molar-refractivity contribution is 5.89. The summed E-state index contributed by atoms with van der Waals surface area (Å²) in [5.74, 6) is -2.84. The third kappa shape index (κ3) is 14.8. The first-order valence-corrected chi connectivity index (χ1v) is 17.7. The first-order valence-electron chi connectivity index (χ1n) is 17.7. The van der Waals surface area contributed by atoms with Crippen LogP contribution < -0.4 is 10.6 Å². The second kappa shape index (κ2) is 20.5. The predicted molar refractivity (Wildman–Crippen MR) is 184 cm³/mol. The minimum Gasteiger partial charge on any atom is -0.479 e. The van der Waals surface area contributed by atoms with E-state index in [0.29, 0.717) is 19.4 Å². The lowest BCUT2D eigenvalue weighted by Gasteiger charge is -2.45. The molecule has 0 radical (unpaired) electrons. The number of unbranched alkanes of at least 4 members (excludes halogenated alkanes) is 11. The number of nitrogens with one attached hydrogen (secondary N) is 2. The molecule has 2 unspecified atom stereocenters. The highest BCUT2D eigenvalue weighted by atomic mass is 16.7. The smallest absolute Gasteiger partial charge is 0.331 e. The van der Waals surface area contributed by atoms with Gasteiger partial charge >= 0.3 is 5.97 Å². The van der Waals surface area contributed by atoms with E-state index in [1.54, 1.807) is 13.8 Å². The molecule has 0 bridgehead atoms. The zero-order valence-electron chi connectivity index (χ0n) is 29.3. The van der Waals surface area contributed by atoms with Gasteiger partial charge in [0.1, 0.15) is 6.10 Å². The zero-order chi connectivity index (χ0) is 33.9. The fourth-order valence-electron chi connectivity index (χ4n) is 5.77. The maximum Gasteiger partial charge on any atom is 0.331 e. The second-order valence-electron chi connectivity index (χ2n) is 14.1. The molecule has 3 N–H and O–H groups in total. The van der Waals surface area contributed by atoms with E-state index in [1.807, 2.05) is 44.2 Å². The van der Waals surface area contributed by atoms with Gasteiger partial charge in [0.05, 0.1) is 13.2 Å². The molecule has 0 saturated carbocycles. The molecular formula is C38H62N2O6. The third-order valence-corrected chi connectivity index (χ3v) is 8.84. The number of hydrogen-bond acceptors (Lipinski definition) is 5. The van der Waals surface area contributed by atoms with Crippen molar-refractivity contribution in [2.45, 2.75) is 155 Å². The Morgan fingerprint density at radius 2 is 1.48 bits per heavy atom. The average Bonchev–Trinajstić information content (AvgIpc) is 3.02. The van der Waals surface area contributed by atoms with Crippen molar-refractivity contribution in [3.63, 3.8) is 0 Å². The van der Waals surface area contributed by atoms with Crippen LogP contribution in [0.4, 0.5) is 0 Å². The monoisotopic (exact) mass is 642 g/mol. The molecule has 1 aliphatic heterocycles. The molecule has 8 nitrogen and oxygen atoms in total. The van der Waals surface area contributed by atoms with E-state index >= 15 is 0 Å². The van der Waals surface area contributed by atoms with Gasteiger partial charge in [-0.2, -0.15) is 0 Å². The number of carbonyl (C=O) groups is 3. The minimum atomic E-state index is -1.66. The van der Waals surface area contributed by atoms with Crippen molar-refractivity contribution in [1.29, 1.82) is 0 Å². The molecule has 0 aromatic heterocycles. The van der Waals surface area contributed by atoms with Crippen LogP contribution >= 0.6 is 0 Å². The van der Waals surface area contributed by atoms with Crippen LogP contribution in [0.1, 0.15) is 136 Å². The Morgan fingerprint density at radius 1 is 0.891 bits per heavy atom. The van der Waals surface area contributed by atoms with Crippen molar-refractivity contribution < 1.29 is 29.0 Å². The van der Waals surface area contributed by atoms with Crippen molar-refractivity contribution in [1.82, 2.24) is 10.6 Å². The first kappa shape index (κ1) is 39.5. The van der Waals surface area contributed by atoms with Gasteiger partial charge in [-0.25, -0.2) is 4.79 Å². The predicted octanol–water partition coefficient (Wildman–Crippen LogP) is 7.89. The summed E-state index contributed by atoms with van der Waals surface area (Å²) >= 11 is 0. The second-order valence-corrected chi connectivity index (χ2v) is 14.1. The summed E-state index contributed by atoms with van der Waals surface area (Å²) in [5, 5.41) is 16.1. The summed E-state index contributed by atoms with van der Waals surface area (Å²) in [6.45, 7) is 9.58. The Morgan fingerprint density at radius 3 is 2.09 bits per heavy atom. The molecule has 2 atom stereocenters. The number of aryl methyl sites for hydroxylation is 1. The summed E-state index contributed by atoms with van der Waals surface area (Å²) in [6, 6.07) is 9.56. The lowest BCUT2D eigenvalue weighted by molar-refractivity contribution is -0.304. The molecule has 1 fully saturated rings. The number of rotatable bonds is 23. The van der Waals surface area contributed by atoms with Gasteiger partial charge in [-0.1, -0.05) is 115 Å². The van der Waals surface area contributed by atoms with E-state index in [0.717, 1.165) is 37.7 Å². The molecule has 1 aliphatic rings. The standard InChI is InChI=1S/C38H62N2O6/c1-6-7-8-9-10-11-12-13-14-15-16-17-18-19-23-26-32(41)40-38(35(43)44,28-27-31-24-21-20-22-25-31)29-39-34(42)33-36(2,3)30-45-37(4,5)46-33/h13-14,20-22,24-25,33H,6-12,15-19,23,26-30H2,1-5H3,(H,39,42)(H,40,41)(H,43,44)/b14-13-. The van der Waals surface area contributed by atoms with Gasteiger partial charge in [-0.3, -0.25) is 9.59 Å². The topological polar surface area (TPSA) is 114 Å². The van der Waals surface area contributed by atoms with E-state index < -0.39 is 34.7 Å². The van der Waals surface area contributed by atoms with E-state index in [4.69, 9.17) is 9.47 Å². The Labute approximate surface area is 278 Å². The highest BCUT2D eigenvalue weighted by Gasteiger charge is 2.47. The Kier molecular flexibility index (Phi) is 17.6. The van der Waals surface area contributed by atoms with Crippen LogP contribution in [0.3, 0.4) is 0 Å². The molecule has 0 aliphatic carbocycles. The lowest BCUT2D eigenvalue weighted by Crippen LogP contribution is -2.63. The Hall–Kier alpha value is -2.71. The van der Waals surface area contributed by atoms with Crippen molar-refractivity contribution in [3.8, 4) is 0 Å². The van der Waals surface area contributed by atoms with Crippen LogP contribution in [-0.4, -0.2) is 53.5 Å². The quantitative estimate of drug-likeness (QED) is 0.0826. The van der Waals surface area contributed by atoms with Gasteiger partial charge in [0.15, 0.2) is 11.3 Å². The Bertz CT molecular complexity index is 1070. The first-order chi connectivity index (χ1) is 21.9. The maximum absolute atomic E-state index is 13.4. The molecule has 46 heavy (non-hydrogen) atoms. The van der Waals surface area contributed by atoms with Crippen molar-refractivity contribution >= 4 is 17.8 Å². The number of hydrogen-bond donors (Lipinski definition) is 3. The van der Waals surface area contributed by atoms with Gasteiger partial charge in [-0.15, -0.1) is 0 Å². The molecule has 1 saturated heterocycles. The normalized spacial score (nSPS) is 18.6. The van der Waals surface area contributed by atoms with Crippen molar-refractivity contribution in [2.75, 3.05) is 13.2 Å². The number of allylic oxidation sites excluding steroid dienone is 2. The molecule has 260 valence electrons. The number of amides is 2. The van der Waals surface area contributed by atoms with Crippen LogP contribution in [0.5, 0.6) is 0 Å². The SMILES string of the molecule is CCCCCCCC/C=C\CCCCCCCC(=O)NC(CCc1ccccc1)(CNC(=O)C1OC(C)(C)OCC1(C)C)C(=O)O. The van der Waals surface area contributed by atoms with Crippen LogP contribution in [0.25, 0.3) is 0 Å². The fraction of sp³-hybridized carbons (Fsp3) is 0.711. The van der Waals surface area contributed by atoms with Crippen LogP contribution in [0.2, 0.25) is 0 Å². The summed E-state index contributed by atoms with van der Waals surface area (Å²) in [4.78, 5) is 39.3. The Balaban J connectivity index is 1.85. The minimum absolute atomic E-state index is 0.133. The number of benzene rings is 1. The summed E-state index contributed by atoms with van der Waals surface area (Å²) in [6.07, 6.45) is 19.8. The highest BCUT2D eigenvalue weighted by Crippen LogP contribution is 2.35. The largest absolute Gasteiger partial charge is 0.479 e. The van der Waals surface area contributed by atoms with E-state index in [2.05, 4.69) is 29.7 Å². The fourth-order valence-corrected chi connectivity index (χ4v) is 5.77. The van der Waals surface area contributed by atoms with Gasteiger partial charge in [-0.05, 0) is 64.4 Å². The lowest BCUT2D eigenvalue weighted by atomic mass is 9.85. The molecular weight excluding hydrogens is 580 g/mol. The van der Waals surface area contributed by atoms with Crippen LogP contribution in [0.15, 0.2) is 42.5 Å². The number of carbonyl (C=O) groups excluding carboxylic acids is 2. The van der Waals surface area contributed by atoms with E-state index in [9.17, 15) is 19.5 Å². The maximum atomic E-state index is 13.4. The summed E-state index contributed by atoms with van der Waals surface area (Å²) in [5.41, 5.74) is -1.31. The molecule has 0 spiro atoms. The molecule has 1 aromatic rings. The zero-order valence-corrected chi connectivity index (χ0v) is 29.3.